The molecule has 0 aliphatic heterocycles. The van der Waals surface area contributed by atoms with Gasteiger partial charge in [0, 0.05) is 17.5 Å². The fourth-order valence-electron chi connectivity index (χ4n) is 2.18. The lowest BCUT2D eigenvalue weighted by Crippen LogP contribution is -2.28. The van der Waals surface area contributed by atoms with E-state index in [1.807, 2.05) is 11.3 Å². The number of carbonyl (C=O) groups excluding carboxylic acids is 1. The van der Waals surface area contributed by atoms with Crippen molar-refractivity contribution in [2.24, 2.45) is 5.73 Å². The highest BCUT2D eigenvalue weighted by molar-refractivity contribution is 7.10. The number of ether oxygens (including phenoxy) is 1. The Hall–Kier alpha value is -0.910. The van der Waals surface area contributed by atoms with E-state index in [-0.39, 0.29) is 6.61 Å². The Balaban J connectivity index is 1.72. The summed E-state index contributed by atoms with van der Waals surface area (Å²) in [5.74, 6) is -0.414. The number of carbonyl (C=O) groups is 1. The first kappa shape index (κ1) is 12.5. The average molecular weight is 254 g/mol. The predicted octanol–water partition coefficient (Wildman–Crippen LogP) is 1.22. The first-order valence-electron chi connectivity index (χ1n) is 5.93. The van der Waals surface area contributed by atoms with Crippen molar-refractivity contribution in [2.45, 2.75) is 25.3 Å². The molecule has 2 rings (SSSR count). The lowest BCUT2D eigenvalue weighted by molar-refractivity contribution is -0.122. The van der Waals surface area contributed by atoms with Gasteiger partial charge in [0.15, 0.2) is 0 Å². The van der Waals surface area contributed by atoms with Crippen LogP contribution in [0.25, 0.3) is 0 Å². The van der Waals surface area contributed by atoms with E-state index < -0.39 is 5.91 Å². The SMILES string of the molecule is NC(=O)COCCNC1CCCc2sccc21. The highest BCUT2D eigenvalue weighted by Crippen LogP contribution is 2.32. The Labute approximate surface area is 105 Å². The highest BCUT2D eigenvalue weighted by Gasteiger charge is 2.20. The van der Waals surface area contributed by atoms with Crippen LogP contribution in [0.1, 0.15) is 29.3 Å². The van der Waals surface area contributed by atoms with Gasteiger partial charge in [-0.25, -0.2) is 0 Å². The number of nitrogens with two attached hydrogens (primary N) is 1. The number of amides is 1. The van der Waals surface area contributed by atoms with E-state index in [1.165, 1.54) is 29.7 Å². The molecular formula is C12H18N2O2S. The van der Waals surface area contributed by atoms with Crippen molar-refractivity contribution in [3.8, 4) is 0 Å². The maximum atomic E-state index is 10.5. The molecule has 94 valence electrons. The van der Waals surface area contributed by atoms with Crippen molar-refractivity contribution in [3.63, 3.8) is 0 Å². The van der Waals surface area contributed by atoms with Gasteiger partial charge in [-0.1, -0.05) is 0 Å². The van der Waals surface area contributed by atoms with E-state index in [0.29, 0.717) is 12.6 Å². The van der Waals surface area contributed by atoms with Crippen molar-refractivity contribution in [3.05, 3.63) is 21.9 Å². The smallest absolute Gasteiger partial charge is 0.243 e. The molecule has 0 aromatic carbocycles. The van der Waals surface area contributed by atoms with Crippen LogP contribution in [0.4, 0.5) is 0 Å². The third-order valence-electron chi connectivity index (χ3n) is 2.93. The Morgan fingerprint density at radius 3 is 3.35 bits per heavy atom. The monoisotopic (exact) mass is 254 g/mol. The Bertz CT molecular complexity index is 378. The van der Waals surface area contributed by atoms with Gasteiger partial charge in [0.05, 0.1) is 6.61 Å². The summed E-state index contributed by atoms with van der Waals surface area (Å²) in [5.41, 5.74) is 6.42. The van der Waals surface area contributed by atoms with Crippen molar-refractivity contribution in [1.29, 1.82) is 0 Å². The second kappa shape index (κ2) is 6.14. The van der Waals surface area contributed by atoms with Crippen molar-refractivity contribution in [1.82, 2.24) is 5.32 Å². The van der Waals surface area contributed by atoms with Crippen molar-refractivity contribution >= 4 is 17.2 Å². The number of primary amides is 1. The van der Waals surface area contributed by atoms with Gasteiger partial charge < -0.3 is 15.8 Å². The molecule has 1 aromatic rings. The topological polar surface area (TPSA) is 64.4 Å². The van der Waals surface area contributed by atoms with Crippen LogP contribution >= 0.6 is 11.3 Å². The molecule has 1 atom stereocenters. The maximum absolute atomic E-state index is 10.5. The van der Waals surface area contributed by atoms with Crippen LogP contribution in [0.3, 0.4) is 0 Å². The lowest BCUT2D eigenvalue weighted by Gasteiger charge is -2.23. The molecule has 1 aliphatic carbocycles. The van der Waals surface area contributed by atoms with Crippen LogP contribution in [-0.4, -0.2) is 25.7 Å². The second-order valence-electron chi connectivity index (χ2n) is 4.22. The summed E-state index contributed by atoms with van der Waals surface area (Å²) in [6, 6.07) is 2.66. The molecule has 3 N–H and O–H groups in total. The fourth-order valence-corrected chi connectivity index (χ4v) is 3.16. The van der Waals surface area contributed by atoms with Gasteiger partial charge >= 0.3 is 0 Å². The number of fused-ring (bicyclic) bond motifs is 1. The average Bonchev–Trinajstić information content (AvgIpc) is 2.77. The summed E-state index contributed by atoms with van der Waals surface area (Å²) < 4.78 is 5.12. The molecule has 1 aliphatic rings. The minimum Gasteiger partial charge on any atom is -0.370 e. The Morgan fingerprint density at radius 2 is 2.53 bits per heavy atom. The zero-order valence-electron chi connectivity index (χ0n) is 9.78. The van der Waals surface area contributed by atoms with Crippen LogP contribution in [0.2, 0.25) is 0 Å². The predicted molar refractivity (Wildman–Crippen MR) is 68.0 cm³/mol. The zero-order valence-corrected chi connectivity index (χ0v) is 10.6. The summed E-state index contributed by atoms with van der Waals surface area (Å²) >= 11 is 1.84. The maximum Gasteiger partial charge on any atom is 0.243 e. The molecule has 1 heterocycles. The lowest BCUT2D eigenvalue weighted by atomic mass is 9.94. The third kappa shape index (κ3) is 3.52. The summed E-state index contributed by atoms with van der Waals surface area (Å²) in [6.07, 6.45) is 3.64. The second-order valence-corrected chi connectivity index (χ2v) is 5.22. The summed E-state index contributed by atoms with van der Waals surface area (Å²) in [5, 5.41) is 5.63. The molecule has 0 bridgehead atoms. The van der Waals surface area contributed by atoms with Crippen LogP contribution in [0.5, 0.6) is 0 Å². The zero-order chi connectivity index (χ0) is 12.1. The molecule has 0 saturated heterocycles. The number of thiophene rings is 1. The molecule has 5 heteroatoms. The standard InChI is InChI=1S/C12H18N2O2S/c13-12(15)8-16-6-5-14-10-2-1-3-11-9(10)4-7-17-11/h4,7,10,14H,1-3,5-6,8H2,(H2,13,15). The number of aryl methyl sites for hydroxylation is 1. The molecule has 0 fully saturated rings. The summed E-state index contributed by atoms with van der Waals surface area (Å²) in [7, 11) is 0. The van der Waals surface area contributed by atoms with Crippen molar-refractivity contribution in [2.75, 3.05) is 19.8 Å². The van der Waals surface area contributed by atoms with Gasteiger partial charge in [-0.2, -0.15) is 0 Å². The first-order chi connectivity index (χ1) is 8.27. The van der Waals surface area contributed by atoms with Gasteiger partial charge in [-0.15, -0.1) is 11.3 Å². The van der Waals surface area contributed by atoms with Crippen LogP contribution in [-0.2, 0) is 16.0 Å². The van der Waals surface area contributed by atoms with Gasteiger partial charge in [-0.3, -0.25) is 4.79 Å². The minimum atomic E-state index is -0.414. The molecule has 4 nitrogen and oxygen atoms in total. The van der Waals surface area contributed by atoms with E-state index in [0.717, 1.165) is 6.54 Å². The number of hydrogen-bond donors (Lipinski definition) is 2. The summed E-state index contributed by atoms with van der Waals surface area (Å²) in [4.78, 5) is 12.0. The normalized spacial score (nSPS) is 18.9. The van der Waals surface area contributed by atoms with Gasteiger partial charge in [0.25, 0.3) is 0 Å². The fraction of sp³-hybridized carbons (Fsp3) is 0.583. The molecule has 17 heavy (non-hydrogen) atoms. The molecule has 0 radical (unpaired) electrons. The molecule has 1 aromatic heterocycles. The molecule has 1 unspecified atom stereocenters. The molecule has 0 spiro atoms. The van der Waals surface area contributed by atoms with Gasteiger partial charge in [-0.05, 0) is 36.3 Å². The quantitative estimate of drug-likeness (QED) is 0.750. The number of nitrogens with one attached hydrogen (secondary N) is 1. The van der Waals surface area contributed by atoms with Crippen LogP contribution < -0.4 is 11.1 Å². The molecule has 1 amide bonds. The Morgan fingerprint density at radius 1 is 1.65 bits per heavy atom. The van der Waals surface area contributed by atoms with E-state index in [4.69, 9.17) is 10.5 Å². The molecule has 0 saturated carbocycles. The van der Waals surface area contributed by atoms with Gasteiger partial charge in [0.1, 0.15) is 6.61 Å². The third-order valence-corrected chi connectivity index (χ3v) is 3.93. The van der Waals surface area contributed by atoms with Crippen LogP contribution in [0, 0.1) is 0 Å². The Kier molecular flexibility index (Phi) is 4.53. The van der Waals surface area contributed by atoms with Gasteiger partial charge in [0.2, 0.25) is 5.91 Å². The highest BCUT2D eigenvalue weighted by atomic mass is 32.1. The first-order valence-corrected chi connectivity index (χ1v) is 6.81. The number of rotatable bonds is 6. The van der Waals surface area contributed by atoms with Crippen LogP contribution in [0.15, 0.2) is 11.4 Å². The largest absolute Gasteiger partial charge is 0.370 e. The van der Waals surface area contributed by atoms with E-state index >= 15 is 0 Å². The molecular weight excluding hydrogens is 236 g/mol. The number of hydrogen-bond acceptors (Lipinski definition) is 4. The van der Waals surface area contributed by atoms with E-state index in [2.05, 4.69) is 16.8 Å². The van der Waals surface area contributed by atoms with E-state index in [9.17, 15) is 4.79 Å². The summed E-state index contributed by atoms with van der Waals surface area (Å²) in [6.45, 7) is 1.29. The van der Waals surface area contributed by atoms with Crippen molar-refractivity contribution < 1.29 is 9.53 Å². The van der Waals surface area contributed by atoms with E-state index in [1.54, 1.807) is 0 Å². The minimum absolute atomic E-state index is 0.00997.